The molecular formula is C30H28. The largest absolute Gasteiger partial charge is 0.0616 e. The van der Waals surface area contributed by atoms with Gasteiger partial charge in [-0.25, -0.2) is 0 Å². The summed E-state index contributed by atoms with van der Waals surface area (Å²) >= 11 is 0. The van der Waals surface area contributed by atoms with Crippen LogP contribution in [0.25, 0.3) is 21.5 Å². The molecule has 0 N–H and O–H groups in total. The summed E-state index contributed by atoms with van der Waals surface area (Å²) in [6, 6.07) is 27.8. The van der Waals surface area contributed by atoms with Crippen LogP contribution in [-0.4, -0.2) is 0 Å². The number of rotatable bonds is 0. The van der Waals surface area contributed by atoms with Gasteiger partial charge < -0.3 is 0 Å². The summed E-state index contributed by atoms with van der Waals surface area (Å²) in [5.41, 5.74) is 6.70. The topological polar surface area (TPSA) is 0 Å². The van der Waals surface area contributed by atoms with Crippen LogP contribution in [0.3, 0.4) is 0 Å². The minimum Gasteiger partial charge on any atom is -0.0616 e. The average molecular weight is 389 g/mol. The van der Waals surface area contributed by atoms with E-state index in [-0.39, 0.29) is 0 Å². The van der Waals surface area contributed by atoms with Crippen LogP contribution in [0.2, 0.25) is 0 Å². The smallest absolute Gasteiger partial charge is 0.0122 e. The van der Waals surface area contributed by atoms with E-state index in [2.05, 4.69) is 72.8 Å². The highest BCUT2D eigenvalue weighted by molar-refractivity contribution is 5.89. The highest BCUT2D eigenvalue weighted by atomic mass is 14.5. The first-order chi connectivity index (χ1) is 14.9. The number of fused-ring (bicyclic) bond motifs is 10. The quantitative estimate of drug-likeness (QED) is 0.288. The SMILES string of the molecule is c1ccc2c3c(ccc2c1)CC[C@H]1C[C@H]2c4c(ccc5ccccc45)CC[C@H]2C[C@H]31. The fraction of sp³-hybridized carbons (Fsp3) is 0.333. The van der Waals surface area contributed by atoms with E-state index in [1.165, 1.54) is 60.1 Å². The normalized spacial score (nSPS) is 27.2. The third-order valence-corrected chi connectivity index (χ3v) is 8.68. The minimum absolute atomic E-state index is 0.762. The van der Waals surface area contributed by atoms with Crippen molar-refractivity contribution in [1.82, 2.24) is 0 Å². The van der Waals surface area contributed by atoms with Gasteiger partial charge >= 0.3 is 0 Å². The van der Waals surface area contributed by atoms with Gasteiger partial charge in [0.1, 0.15) is 0 Å². The Kier molecular flexibility index (Phi) is 3.68. The van der Waals surface area contributed by atoms with Crippen LogP contribution in [0.1, 0.15) is 59.8 Å². The molecule has 0 heteroatoms. The molecule has 0 saturated heterocycles. The second-order valence-corrected chi connectivity index (χ2v) is 10.0. The summed E-state index contributed by atoms with van der Waals surface area (Å²) in [5, 5.41) is 5.92. The lowest BCUT2D eigenvalue weighted by Gasteiger charge is -2.48. The zero-order chi connectivity index (χ0) is 19.7. The predicted octanol–water partition coefficient (Wildman–Crippen LogP) is 7.78. The number of hydrogen-bond acceptors (Lipinski definition) is 0. The maximum absolute atomic E-state index is 2.43. The fourth-order valence-corrected chi connectivity index (χ4v) is 7.39. The second kappa shape index (κ2) is 6.45. The minimum atomic E-state index is 0.762. The molecule has 0 spiro atoms. The van der Waals surface area contributed by atoms with Crippen LogP contribution in [0.5, 0.6) is 0 Å². The maximum atomic E-state index is 2.43. The summed E-state index contributed by atoms with van der Waals surface area (Å²) in [6.45, 7) is 0. The van der Waals surface area contributed by atoms with Crippen LogP contribution in [0.15, 0.2) is 72.8 Å². The first-order valence-electron chi connectivity index (χ1n) is 11.9. The van der Waals surface area contributed by atoms with Gasteiger partial charge in [0.05, 0.1) is 0 Å². The molecule has 0 radical (unpaired) electrons. The molecule has 7 rings (SSSR count). The van der Waals surface area contributed by atoms with Crippen molar-refractivity contribution in [3.8, 4) is 0 Å². The van der Waals surface area contributed by atoms with Gasteiger partial charge in [-0.1, -0.05) is 72.8 Å². The zero-order valence-electron chi connectivity index (χ0n) is 17.5. The van der Waals surface area contributed by atoms with Crippen LogP contribution < -0.4 is 0 Å². The van der Waals surface area contributed by atoms with Crippen molar-refractivity contribution in [1.29, 1.82) is 0 Å². The molecule has 0 amide bonds. The van der Waals surface area contributed by atoms with E-state index in [0.29, 0.717) is 0 Å². The Morgan fingerprint density at radius 3 is 1.47 bits per heavy atom. The molecule has 0 aliphatic heterocycles. The molecule has 3 aliphatic carbocycles. The average Bonchev–Trinajstić information content (AvgIpc) is 2.82. The third-order valence-electron chi connectivity index (χ3n) is 8.68. The lowest BCUT2D eigenvalue weighted by molar-refractivity contribution is 0.171. The van der Waals surface area contributed by atoms with E-state index < -0.39 is 0 Å². The lowest BCUT2D eigenvalue weighted by Crippen LogP contribution is -2.35. The molecule has 148 valence electrons. The van der Waals surface area contributed by atoms with Crippen molar-refractivity contribution >= 4 is 21.5 Å². The van der Waals surface area contributed by atoms with Crippen LogP contribution in [-0.2, 0) is 12.8 Å². The van der Waals surface area contributed by atoms with Crippen molar-refractivity contribution in [2.75, 3.05) is 0 Å². The van der Waals surface area contributed by atoms with Crippen molar-refractivity contribution in [2.45, 2.75) is 50.4 Å². The molecule has 4 aromatic rings. The highest BCUT2D eigenvalue weighted by Crippen LogP contribution is 2.57. The second-order valence-electron chi connectivity index (χ2n) is 10.0. The van der Waals surface area contributed by atoms with E-state index in [0.717, 1.165) is 23.7 Å². The van der Waals surface area contributed by atoms with E-state index in [9.17, 15) is 0 Å². The van der Waals surface area contributed by atoms with Gasteiger partial charge in [-0.15, -0.1) is 0 Å². The molecule has 1 fully saturated rings. The van der Waals surface area contributed by atoms with Crippen LogP contribution in [0, 0.1) is 11.8 Å². The van der Waals surface area contributed by atoms with Crippen LogP contribution in [0.4, 0.5) is 0 Å². The molecule has 3 aliphatic rings. The Morgan fingerprint density at radius 2 is 0.967 bits per heavy atom. The molecule has 30 heavy (non-hydrogen) atoms. The predicted molar refractivity (Wildman–Crippen MR) is 126 cm³/mol. The monoisotopic (exact) mass is 388 g/mol. The standard InChI is InChI=1S/C30H28/c1-3-7-25-19(5-1)9-11-21-13-15-23-18-28-24(17-27(23)29(21)25)16-14-22-12-10-20-6-2-4-8-26(20)30(22)28/h1-12,23-24,27-28H,13-18H2/t23-,24-,27-,28+/m0/s1. The fourth-order valence-electron chi connectivity index (χ4n) is 7.39. The molecular weight excluding hydrogens is 360 g/mol. The van der Waals surface area contributed by atoms with Gasteiger partial charge in [-0.05, 0) is 106 Å². The Balaban J connectivity index is 1.35. The number of benzene rings is 4. The van der Waals surface area contributed by atoms with E-state index >= 15 is 0 Å². The van der Waals surface area contributed by atoms with Crippen molar-refractivity contribution in [3.63, 3.8) is 0 Å². The first kappa shape index (κ1) is 17.1. The molecule has 1 saturated carbocycles. The van der Waals surface area contributed by atoms with Gasteiger partial charge in [0.2, 0.25) is 0 Å². The van der Waals surface area contributed by atoms with Gasteiger partial charge in [0, 0.05) is 0 Å². The first-order valence-corrected chi connectivity index (χ1v) is 11.9. The maximum Gasteiger partial charge on any atom is -0.0122 e. The Morgan fingerprint density at radius 1 is 0.500 bits per heavy atom. The molecule has 0 bridgehead atoms. The van der Waals surface area contributed by atoms with E-state index in [1.54, 1.807) is 22.3 Å². The molecule has 0 nitrogen and oxygen atoms in total. The van der Waals surface area contributed by atoms with Crippen molar-refractivity contribution in [3.05, 3.63) is 95.1 Å². The number of hydrogen-bond donors (Lipinski definition) is 0. The Bertz CT molecular complexity index is 1180. The third kappa shape index (κ3) is 2.40. The zero-order valence-corrected chi connectivity index (χ0v) is 17.5. The van der Waals surface area contributed by atoms with Gasteiger partial charge in [-0.3, -0.25) is 0 Å². The molecule has 0 aromatic heterocycles. The molecule has 4 aromatic carbocycles. The Hall–Kier alpha value is -2.60. The summed E-state index contributed by atoms with van der Waals surface area (Å²) in [4.78, 5) is 0. The lowest BCUT2D eigenvalue weighted by atomic mass is 9.57. The summed E-state index contributed by atoms with van der Waals surface area (Å²) < 4.78 is 0. The van der Waals surface area contributed by atoms with Crippen molar-refractivity contribution < 1.29 is 0 Å². The van der Waals surface area contributed by atoms with Gasteiger partial charge in [-0.2, -0.15) is 0 Å². The molecule has 4 atom stereocenters. The van der Waals surface area contributed by atoms with Gasteiger partial charge in [0.25, 0.3) is 0 Å². The van der Waals surface area contributed by atoms with E-state index in [4.69, 9.17) is 0 Å². The van der Waals surface area contributed by atoms with Gasteiger partial charge in [0.15, 0.2) is 0 Å². The van der Waals surface area contributed by atoms with Crippen molar-refractivity contribution in [2.24, 2.45) is 11.8 Å². The van der Waals surface area contributed by atoms with Crippen LogP contribution >= 0.6 is 0 Å². The van der Waals surface area contributed by atoms with E-state index in [1.807, 2.05) is 0 Å². The molecule has 0 unspecified atom stereocenters. The summed E-state index contributed by atoms with van der Waals surface area (Å²) in [6.07, 6.45) is 8.05. The molecule has 0 heterocycles. The summed E-state index contributed by atoms with van der Waals surface area (Å²) in [5.74, 6) is 3.21. The highest BCUT2D eigenvalue weighted by Gasteiger charge is 2.43. The number of aryl methyl sites for hydroxylation is 2. The summed E-state index contributed by atoms with van der Waals surface area (Å²) in [7, 11) is 0. The Labute approximate surface area is 178 Å².